The van der Waals surface area contributed by atoms with Crippen LogP contribution in [0.5, 0.6) is 5.75 Å². The topological polar surface area (TPSA) is 34.2 Å². The summed E-state index contributed by atoms with van der Waals surface area (Å²) in [5.74, 6) is 0.202. The molecule has 0 saturated heterocycles. The molecular formula is C13H14F2N2OS. The number of nitrogens with one attached hydrogen (secondary N) is 1. The molecule has 0 saturated carbocycles. The minimum absolute atomic E-state index is 0.110. The summed E-state index contributed by atoms with van der Waals surface area (Å²) in [6, 6.07) is 6.71. The summed E-state index contributed by atoms with van der Waals surface area (Å²) in [6.45, 7) is -2.82. The van der Waals surface area contributed by atoms with Crippen LogP contribution >= 0.6 is 11.3 Å². The molecular weight excluding hydrogens is 270 g/mol. The molecule has 0 fully saturated rings. The van der Waals surface area contributed by atoms with Crippen molar-refractivity contribution >= 4 is 11.3 Å². The molecule has 1 atom stereocenters. The maximum Gasteiger partial charge on any atom is 0.387 e. The highest BCUT2D eigenvalue weighted by Gasteiger charge is 2.18. The number of hydrogen-bond donors (Lipinski definition) is 1. The molecule has 1 aromatic carbocycles. The number of para-hydroxylation sites is 1. The van der Waals surface area contributed by atoms with Gasteiger partial charge in [-0.05, 0) is 13.1 Å². The van der Waals surface area contributed by atoms with E-state index in [-0.39, 0.29) is 11.8 Å². The lowest BCUT2D eigenvalue weighted by Gasteiger charge is -2.19. The number of ether oxygens (including phenoxy) is 1. The monoisotopic (exact) mass is 284 g/mol. The maximum atomic E-state index is 12.4. The Morgan fingerprint density at radius 2 is 2.16 bits per heavy atom. The molecule has 3 nitrogen and oxygen atoms in total. The van der Waals surface area contributed by atoms with Gasteiger partial charge < -0.3 is 10.1 Å². The number of hydrogen-bond acceptors (Lipinski definition) is 4. The van der Waals surface area contributed by atoms with E-state index in [2.05, 4.69) is 15.0 Å². The third-order valence-electron chi connectivity index (χ3n) is 2.72. The summed E-state index contributed by atoms with van der Waals surface area (Å²) in [4.78, 5) is 4.21. The summed E-state index contributed by atoms with van der Waals surface area (Å²) < 4.78 is 29.3. The SMILES string of the molecule is CNC(Cc1nccs1)c1ccccc1OC(F)F. The van der Waals surface area contributed by atoms with E-state index in [0.717, 1.165) is 5.01 Å². The first kappa shape index (κ1) is 13.9. The zero-order valence-corrected chi connectivity index (χ0v) is 11.2. The Bertz CT molecular complexity index is 505. The van der Waals surface area contributed by atoms with Crippen LogP contribution in [0.15, 0.2) is 35.8 Å². The number of aromatic nitrogens is 1. The van der Waals surface area contributed by atoms with E-state index < -0.39 is 6.61 Å². The van der Waals surface area contributed by atoms with Gasteiger partial charge in [0.25, 0.3) is 0 Å². The average molecular weight is 284 g/mol. The Balaban J connectivity index is 2.22. The molecule has 0 aliphatic carbocycles. The molecule has 0 aliphatic heterocycles. The van der Waals surface area contributed by atoms with Crippen LogP contribution in [0, 0.1) is 0 Å². The van der Waals surface area contributed by atoms with E-state index in [1.807, 2.05) is 5.38 Å². The van der Waals surface area contributed by atoms with Gasteiger partial charge in [0.2, 0.25) is 0 Å². The Labute approximate surface area is 114 Å². The van der Waals surface area contributed by atoms with Crippen molar-refractivity contribution in [2.75, 3.05) is 7.05 Å². The van der Waals surface area contributed by atoms with Gasteiger partial charge in [-0.15, -0.1) is 11.3 Å². The Morgan fingerprint density at radius 3 is 2.79 bits per heavy atom. The molecule has 1 heterocycles. The van der Waals surface area contributed by atoms with Gasteiger partial charge in [-0.1, -0.05) is 18.2 Å². The van der Waals surface area contributed by atoms with Crippen molar-refractivity contribution in [3.63, 3.8) is 0 Å². The average Bonchev–Trinajstić information content (AvgIpc) is 2.89. The Kier molecular flexibility index (Phi) is 4.81. The van der Waals surface area contributed by atoms with Crippen molar-refractivity contribution in [1.29, 1.82) is 0 Å². The van der Waals surface area contributed by atoms with E-state index in [9.17, 15) is 8.78 Å². The van der Waals surface area contributed by atoms with Crippen LogP contribution in [0.2, 0.25) is 0 Å². The number of alkyl halides is 2. The lowest BCUT2D eigenvalue weighted by Crippen LogP contribution is -2.20. The molecule has 0 spiro atoms. The summed E-state index contributed by atoms with van der Waals surface area (Å²) in [5, 5.41) is 5.95. The van der Waals surface area contributed by atoms with Crippen LogP contribution in [0.4, 0.5) is 8.78 Å². The molecule has 0 bridgehead atoms. The third-order valence-corrected chi connectivity index (χ3v) is 3.52. The number of likely N-dealkylation sites (N-methyl/N-ethyl adjacent to an activating group) is 1. The molecule has 2 rings (SSSR count). The van der Waals surface area contributed by atoms with Gasteiger partial charge in [0.15, 0.2) is 0 Å². The zero-order chi connectivity index (χ0) is 13.7. The first-order valence-corrected chi connectivity index (χ1v) is 6.68. The van der Waals surface area contributed by atoms with E-state index >= 15 is 0 Å². The number of rotatable bonds is 6. The fourth-order valence-corrected chi connectivity index (χ4v) is 2.53. The van der Waals surface area contributed by atoms with Crippen molar-refractivity contribution in [2.45, 2.75) is 19.1 Å². The quantitative estimate of drug-likeness (QED) is 0.884. The van der Waals surface area contributed by atoms with Crippen LogP contribution < -0.4 is 10.1 Å². The Hall–Kier alpha value is -1.53. The van der Waals surface area contributed by atoms with Gasteiger partial charge >= 0.3 is 6.61 Å². The normalized spacial score (nSPS) is 12.6. The van der Waals surface area contributed by atoms with Gasteiger partial charge in [-0.2, -0.15) is 8.78 Å². The fourth-order valence-electron chi connectivity index (χ4n) is 1.87. The maximum absolute atomic E-state index is 12.4. The largest absolute Gasteiger partial charge is 0.434 e. The molecule has 1 N–H and O–H groups in total. The summed E-state index contributed by atoms with van der Waals surface area (Å²) in [6.07, 6.45) is 2.37. The Morgan fingerprint density at radius 1 is 1.37 bits per heavy atom. The smallest absolute Gasteiger partial charge is 0.387 e. The summed E-state index contributed by atoms with van der Waals surface area (Å²) in [7, 11) is 1.79. The number of nitrogens with zero attached hydrogens (tertiary/aromatic N) is 1. The first-order valence-electron chi connectivity index (χ1n) is 5.80. The van der Waals surface area contributed by atoms with E-state index in [1.54, 1.807) is 48.8 Å². The zero-order valence-electron chi connectivity index (χ0n) is 10.3. The van der Waals surface area contributed by atoms with Crippen molar-refractivity contribution < 1.29 is 13.5 Å². The van der Waals surface area contributed by atoms with Gasteiger partial charge in [0, 0.05) is 29.6 Å². The minimum Gasteiger partial charge on any atom is -0.434 e. The summed E-state index contributed by atoms with van der Waals surface area (Å²) in [5.41, 5.74) is 0.709. The third kappa shape index (κ3) is 3.71. The second-order valence-electron chi connectivity index (χ2n) is 3.89. The van der Waals surface area contributed by atoms with Gasteiger partial charge in [-0.25, -0.2) is 4.98 Å². The van der Waals surface area contributed by atoms with Crippen molar-refractivity contribution in [3.8, 4) is 5.75 Å². The van der Waals surface area contributed by atoms with Crippen LogP contribution in [0.1, 0.15) is 16.6 Å². The lowest BCUT2D eigenvalue weighted by atomic mass is 10.0. The second kappa shape index (κ2) is 6.58. The number of halogens is 2. The predicted molar refractivity (Wildman–Crippen MR) is 70.7 cm³/mol. The van der Waals surface area contributed by atoms with Gasteiger partial charge in [-0.3, -0.25) is 0 Å². The van der Waals surface area contributed by atoms with Gasteiger partial charge in [0.1, 0.15) is 5.75 Å². The molecule has 1 unspecified atom stereocenters. The molecule has 0 aliphatic rings. The van der Waals surface area contributed by atoms with E-state index in [1.165, 1.54) is 0 Å². The first-order chi connectivity index (χ1) is 9.20. The van der Waals surface area contributed by atoms with E-state index in [4.69, 9.17) is 0 Å². The highest BCUT2D eigenvalue weighted by molar-refractivity contribution is 7.09. The molecule has 19 heavy (non-hydrogen) atoms. The highest BCUT2D eigenvalue weighted by Crippen LogP contribution is 2.29. The lowest BCUT2D eigenvalue weighted by molar-refractivity contribution is -0.0507. The van der Waals surface area contributed by atoms with E-state index in [0.29, 0.717) is 12.0 Å². The fraction of sp³-hybridized carbons (Fsp3) is 0.308. The molecule has 0 amide bonds. The van der Waals surface area contributed by atoms with Crippen LogP contribution in [-0.4, -0.2) is 18.6 Å². The van der Waals surface area contributed by atoms with Crippen LogP contribution in [0.3, 0.4) is 0 Å². The van der Waals surface area contributed by atoms with Crippen LogP contribution in [-0.2, 0) is 6.42 Å². The molecule has 102 valence electrons. The molecule has 2 aromatic rings. The number of thiazole rings is 1. The van der Waals surface area contributed by atoms with Crippen molar-refractivity contribution in [1.82, 2.24) is 10.3 Å². The second-order valence-corrected chi connectivity index (χ2v) is 4.87. The molecule has 6 heteroatoms. The van der Waals surface area contributed by atoms with Gasteiger partial charge in [0.05, 0.1) is 5.01 Å². The highest BCUT2D eigenvalue weighted by atomic mass is 32.1. The van der Waals surface area contributed by atoms with Crippen molar-refractivity contribution in [2.24, 2.45) is 0 Å². The molecule has 1 aromatic heterocycles. The minimum atomic E-state index is -2.82. The van der Waals surface area contributed by atoms with Crippen molar-refractivity contribution in [3.05, 3.63) is 46.4 Å². The number of benzene rings is 1. The van der Waals surface area contributed by atoms with Crippen LogP contribution in [0.25, 0.3) is 0 Å². The summed E-state index contributed by atoms with van der Waals surface area (Å²) >= 11 is 1.54. The predicted octanol–water partition coefficient (Wildman–Crippen LogP) is 3.25. The molecule has 0 radical (unpaired) electrons. The standard InChI is InChI=1S/C13H14F2N2OS/c1-16-10(8-12-17-6-7-19-12)9-4-2-3-5-11(9)18-13(14)15/h2-7,10,13,16H,8H2,1H3.